The third-order valence-electron chi connectivity index (χ3n) is 7.31. The number of fused-ring (bicyclic) bond motifs is 2. The average molecular weight is 811 g/mol. The molecular formula is C31H50BrFO12S3. The summed E-state index contributed by atoms with van der Waals surface area (Å²) in [7, 11) is -1.00. The van der Waals surface area contributed by atoms with Crippen molar-refractivity contribution in [1.29, 1.82) is 0 Å². The maximum atomic E-state index is 10.3. The molecule has 0 unspecified atom stereocenters. The van der Waals surface area contributed by atoms with E-state index in [9.17, 15) is 9.50 Å². The zero-order valence-corrected chi connectivity index (χ0v) is 32.7. The Labute approximate surface area is 310 Å². The molecule has 0 radical (unpaired) electrons. The monoisotopic (exact) mass is 809 g/mol. The Hall–Kier alpha value is -0.160. The smallest absolute Gasteiger partial charge is 0.190 e. The Balaban J connectivity index is 0.000000392. The highest BCUT2D eigenvalue weighted by Gasteiger charge is 2.59. The van der Waals surface area contributed by atoms with Gasteiger partial charge in [-0.1, -0.05) is 27.8 Å². The first-order valence-corrected chi connectivity index (χ1v) is 17.3. The van der Waals surface area contributed by atoms with Crippen LogP contribution >= 0.6 is 29.4 Å². The van der Waals surface area contributed by atoms with Crippen molar-refractivity contribution >= 4 is 51.8 Å². The predicted molar refractivity (Wildman–Crippen MR) is 187 cm³/mol. The maximum absolute atomic E-state index is 10.3. The van der Waals surface area contributed by atoms with Crippen molar-refractivity contribution in [3.05, 3.63) is 0 Å². The fraction of sp³-hybridized carbons (Fsp3) is 0.871. The van der Waals surface area contributed by atoms with E-state index in [0.717, 1.165) is 0 Å². The number of rotatable bonds is 4. The van der Waals surface area contributed by atoms with Gasteiger partial charge in [0.2, 0.25) is 0 Å². The topological polar surface area (TPSA) is 122 Å². The average Bonchev–Trinajstić information content (AvgIpc) is 3.82. The highest BCUT2D eigenvalue weighted by Crippen LogP contribution is 2.42. The lowest BCUT2D eigenvalue weighted by Gasteiger charge is -2.28. The largest absolute Gasteiger partial charge is 0.387 e. The van der Waals surface area contributed by atoms with Crippen LogP contribution < -0.4 is 0 Å². The summed E-state index contributed by atoms with van der Waals surface area (Å²) in [6.45, 7) is 15.7. The number of aliphatic hydroxyl groups excluding tert-OH is 1. The molecule has 0 saturated carbocycles. The third-order valence-corrected chi connectivity index (χ3v) is 7.63. The fourth-order valence-electron chi connectivity index (χ4n) is 5.72. The first-order valence-electron chi connectivity index (χ1n) is 15.5. The van der Waals surface area contributed by atoms with Gasteiger partial charge in [0.25, 0.3) is 0 Å². The quantitative estimate of drug-likeness (QED) is 0.331. The van der Waals surface area contributed by atoms with E-state index in [1.54, 1.807) is 13.8 Å². The summed E-state index contributed by atoms with van der Waals surface area (Å²) < 4.78 is 78.4. The van der Waals surface area contributed by atoms with Crippen molar-refractivity contribution in [2.24, 2.45) is 0 Å². The number of hydrogen-bond donors (Lipinski definition) is 1. The Bertz CT molecular complexity index is 1100. The zero-order chi connectivity index (χ0) is 36.5. The summed E-state index contributed by atoms with van der Waals surface area (Å²) in [6, 6.07) is 0. The highest BCUT2D eigenvalue weighted by molar-refractivity contribution is 9.09. The lowest BCUT2D eigenvalue weighted by molar-refractivity contribution is -0.235. The predicted octanol–water partition coefficient (Wildman–Crippen LogP) is 3.12. The van der Waals surface area contributed by atoms with Crippen LogP contribution in [0.3, 0.4) is 0 Å². The van der Waals surface area contributed by atoms with Crippen LogP contribution in [0.2, 0.25) is 0 Å². The van der Waals surface area contributed by atoms with Crippen molar-refractivity contribution in [3.63, 3.8) is 0 Å². The molecule has 12 nitrogen and oxygen atoms in total. The summed E-state index contributed by atoms with van der Waals surface area (Å²) in [6.07, 6.45) is 5.81. The molecule has 6 aliphatic heterocycles. The first-order chi connectivity index (χ1) is 22.4. The molecule has 10 atom stereocenters. The molecule has 278 valence electrons. The van der Waals surface area contributed by atoms with Gasteiger partial charge in [0.15, 0.2) is 35.7 Å². The van der Waals surface area contributed by atoms with Crippen LogP contribution in [0, 0.1) is 24.7 Å². The normalized spacial score (nSPS) is 38.6. The number of hydrogen-bond acceptors (Lipinski definition) is 14. The number of ether oxygens (including phenoxy) is 11. The second-order valence-electron chi connectivity index (χ2n) is 12.7. The van der Waals surface area contributed by atoms with Crippen LogP contribution in [-0.2, 0) is 74.5 Å². The van der Waals surface area contributed by atoms with E-state index in [1.165, 1.54) is 0 Å². The Morgan fingerprint density at radius 3 is 1.58 bits per heavy atom. The Morgan fingerprint density at radius 2 is 1.19 bits per heavy atom. The number of aliphatic hydroxyl groups is 1. The SMILES string of the molecule is C#CCBr.C#CCO[C@@H]1[C@H]2OC(C)(C)O[C@H]2O[C@@H]1[C@@H]1COC(C)(C)O1.CC1(C)O[C@H]2O[C@H]([C@@H]3COC(C)(C)O3)[C@H](O)[C@H]2O1.S.S=S.[2H]CF. The third kappa shape index (κ3) is 12.2. The van der Waals surface area contributed by atoms with Gasteiger partial charge >= 0.3 is 0 Å². The molecule has 0 amide bonds. The van der Waals surface area contributed by atoms with Crippen LogP contribution in [0.5, 0.6) is 0 Å². The minimum absolute atomic E-state index is 0. The van der Waals surface area contributed by atoms with Gasteiger partial charge in [-0.05, 0) is 55.4 Å². The fourth-order valence-corrected chi connectivity index (χ4v) is 5.72. The van der Waals surface area contributed by atoms with Crippen LogP contribution in [0.25, 0.3) is 0 Å². The second-order valence-corrected chi connectivity index (χ2v) is 13.2. The molecule has 6 fully saturated rings. The van der Waals surface area contributed by atoms with Crippen LogP contribution in [0.15, 0.2) is 0 Å². The minimum Gasteiger partial charge on any atom is -0.387 e. The van der Waals surface area contributed by atoms with Gasteiger partial charge in [0.1, 0.15) is 55.4 Å². The standard InChI is InChI=1S/C15H22O6.C12H20O6.C3H3Br.CH3F.S2.H2S/c1-6-7-16-11-10(9-8-17-14(2,3)19-9)18-13-12(11)20-15(4,5)21-13;1-11(2)14-5-6(16-11)8-7(13)9-10(15-8)18-12(3,4)17-9;1-2-3-4;2*1-2;/h1,9-13H,7-8H2,2-5H3;6-10,13H,5H2,1-4H3;1H,3H2;1H3;;1H2/t9-,10+,11-,12+,13+;6-,7-,8+,9+,10+;;;;/m00..../s1/i;;;1D;;. The number of halogens is 2. The van der Waals surface area contributed by atoms with Gasteiger partial charge in [-0.3, -0.25) is 4.39 Å². The Morgan fingerprint density at radius 1 is 0.771 bits per heavy atom. The molecule has 48 heavy (non-hydrogen) atoms. The molecule has 17 heteroatoms. The lowest BCUT2D eigenvalue weighted by atomic mass is 10.1. The summed E-state index contributed by atoms with van der Waals surface area (Å²) in [5, 5.41) is 10.9. The molecule has 6 rings (SSSR count). The molecule has 0 aromatic carbocycles. The van der Waals surface area contributed by atoms with E-state index < -0.39 is 61.2 Å². The number of terminal acetylenes is 2. The van der Waals surface area contributed by atoms with E-state index >= 15 is 0 Å². The van der Waals surface area contributed by atoms with Crippen molar-refractivity contribution in [1.82, 2.24) is 0 Å². The van der Waals surface area contributed by atoms with Crippen LogP contribution in [0.1, 0.15) is 56.8 Å². The van der Waals surface area contributed by atoms with Crippen LogP contribution in [-0.4, -0.2) is 122 Å². The first kappa shape index (κ1) is 44.0. The molecule has 6 saturated heterocycles. The van der Waals surface area contributed by atoms with E-state index in [2.05, 4.69) is 50.1 Å². The summed E-state index contributed by atoms with van der Waals surface area (Å²) in [5.41, 5.74) is 0. The van der Waals surface area contributed by atoms with E-state index in [-0.39, 0.29) is 50.6 Å². The highest BCUT2D eigenvalue weighted by atomic mass is 79.9. The summed E-state index contributed by atoms with van der Waals surface area (Å²) in [5.74, 6) is 2.16. The van der Waals surface area contributed by atoms with E-state index in [4.69, 9.17) is 66.3 Å². The molecule has 0 aromatic heterocycles. The van der Waals surface area contributed by atoms with Crippen molar-refractivity contribution in [2.75, 3.05) is 32.3 Å². The van der Waals surface area contributed by atoms with Gasteiger partial charge in [-0.15, -0.1) is 12.8 Å². The van der Waals surface area contributed by atoms with Gasteiger partial charge in [-0.2, -0.15) is 13.5 Å². The maximum Gasteiger partial charge on any atom is 0.190 e. The van der Waals surface area contributed by atoms with Gasteiger partial charge < -0.3 is 57.2 Å². The molecular weight excluding hydrogens is 759 g/mol. The Kier molecular flexibility index (Phi) is 18.0. The summed E-state index contributed by atoms with van der Waals surface area (Å²) >= 11 is 10.3. The van der Waals surface area contributed by atoms with Crippen molar-refractivity contribution in [2.45, 2.75) is 140 Å². The molecule has 0 aliphatic carbocycles. The zero-order valence-electron chi connectivity index (χ0n) is 29.5. The lowest BCUT2D eigenvalue weighted by Crippen LogP contribution is -2.44. The van der Waals surface area contributed by atoms with Crippen molar-refractivity contribution in [3.8, 4) is 24.7 Å². The van der Waals surface area contributed by atoms with E-state index in [0.29, 0.717) is 18.5 Å². The molecule has 6 aliphatic rings. The second kappa shape index (κ2) is 19.6. The van der Waals surface area contributed by atoms with Gasteiger partial charge in [0, 0.05) is 22.4 Å². The van der Waals surface area contributed by atoms with E-state index in [1.807, 2.05) is 41.5 Å². The number of alkyl halides is 2. The van der Waals surface area contributed by atoms with Crippen LogP contribution in [0.4, 0.5) is 4.39 Å². The molecule has 1 N–H and O–H groups in total. The molecule has 6 heterocycles. The van der Waals surface area contributed by atoms with Crippen molar-refractivity contribution < 1.29 is 63.0 Å². The molecule has 0 bridgehead atoms. The molecule has 0 aromatic rings. The molecule has 0 spiro atoms. The van der Waals surface area contributed by atoms with Gasteiger partial charge in [0.05, 0.1) is 27.1 Å². The summed E-state index contributed by atoms with van der Waals surface area (Å²) in [4.78, 5) is 0. The van der Waals surface area contributed by atoms with Gasteiger partial charge in [-0.25, -0.2) is 0 Å². The minimum atomic E-state index is -1.00.